The Balaban J connectivity index is 2.30. The fourth-order valence-electron chi connectivity index (χ4n) is 1.51. The summed E-state index contributed by atoms with van der Waals surface area (Å²) in [6.45, 7) is 4.20. The third kappa shape index (κ3) is 3.17. The van der Waals surface area contributed by atoms with Gasteiger partial charge in [-0.15, -0.1) is 0 Å². The van der Waals surface area contributed by atoms with E-state index in [9.17, 15) is 4.79 Å². The van der Waals surface area contributed by atoms with E-state index in [4.69, 9.17) is 4.74 Å². The van der Waals surface area contributed by atoms with Crippen molar-refractivity contribution in [2.24, 2.45) is 5.92 Å². The number of hydrogen-bond donors (Lipinski definition) is 0. The van der Waals surface area contributed by atoms with Crippen LogP contribution < -0.4 is 0 Å². The molecule has 0 bridgehead atoms. The van der Waals surface area contributed by atoms with Crippen LogP contribution in [0.4, 0.5) is 0 Å². The van der Waals surface area contributed by atoms with Gasteiger partial charge in [-0.3, -0.25) is 4.79 Å². The first-order chi connectivity index (χ1) is 6.77. The molecule has 0 saturated heterocycles. The standard InChI is InChI=1S/C12H20O2/c1-3-5-7-10(4-2)12(13)14-11-8-6-9-11/h8,10H,3-7,9H2,1-2H3. The van der Waals surface area contributed by atoms with E-state index in [1.807, 2.05) is 6.08 Å². The van der Waals surface area contributed by atoms with Gasteiger partial charge in [0.1, 0.15) is 5.76 Å². The van der Waals surface area contributed by atoms with Crippen molar-refractivity contribution < 1.29 is 9.53 Å². The van der Waals surface area contributed by atoms with Crippen molar-refractivity contribution in [1.29, 1.82) is 0 Å². The van der Waals surface area contributed by atoms with E-state index in [0.717, 1.165) is 44.3 Å². The minimum Gasteiger partial charge on any atom is -0.431 e. The number of unbranched alkanes of at least 4 members (excludes halogenated alkanes) is 1. The molecular formula is C12H20O2. The molecule has 80 valence electrons. The van der Waals surface area contributed by atoms with Crippen molar-refractivity contribution in [3.8, 4) is 0 Å². The third-order valence-electron chi connectivity index (χ3n) is 2.73. The molecule has 1 rings (SSSR count). The normalized spacial score (nSPS) is 16.9. The van der Waals surface area contributed by atoms with E-state index in [-0.39, 0.29) is 11.9 Å². The van der Waals surface area contributed by atoms with Crippen LogP contribution in [0.1, 0.15) is 52.4 Å². The van der Waals surface area contributed by atoms with E-state index in [0.29, 0.717) is 0 Å². The second-order valence-corrected chi connectivity index (χ2v) is 3.88. The van der Waals surface area contributed by atoms with Crippen LogP contribution in [-0.2, 0) is 9.53 Å². The van der Waals surface area contributed by atoms with Crippen LogP contribution in [0.2, 0.25) is 0 Å². The largest absolute Gasteiger partial charge is 0.431 e. The van der Waals surface area contributed by atoms with Crippen LogP contribution in [0.5, 0.6) is 0 Å². The number of hydrogen-bond acceptors (Lipinski definition) is 2. The maximum absolute atomic E-state index is 11.6. The molecule has 1 unspecified atom stereocenters. The summed E-state index contributed by atoms with van der Waals surface area (Å²) in [6, 6.07) is 0. The maximum atomic E-state index is 11.6. The predicted octanol–water partition coefficient (Wildman–Crippen LogP) is 3.42. The molecule has 0 aromatic rings. The van der Waals surface area contributed by atoms with Gasteiger partial charge >= 0.3 is 5.97 Å². The lowest BCUT2D eigenvalue weighted by atomic mass is 9.99. The number of esters is 1. The second-order valence-electron chi connectivity index (χ2n) is 3.88. The van der Waals surface area contributed by atoms with Gasteiger partial charge in [-0.2, -0.15) is 0 Å². The Kier molecular flexibility index (Phi) is 4.71. The predicted molar refractivity (Wildman–Crippen MR) is 56.7 cm³/mol. The minimum absolute atomic E-state index is 0.0214. The monoisotopic (exact) mass is 196 g/mol. The quantitative estimate of drug-likeness (QED) is 0.608. The number of allylic oxidation sites excluding steroid dienone is 2. The smallest absolute Gasteiger partial charge is 0.313 e. The van der Waals surface area contributed by atoms with Gasteiger partial charge in [-0.25, -0.2) is 0 Å². The van der Waals surface area contributed by atoms with Crippen LogP contribution in [0.3, 0.4) is 0 Å². The van der Waals surface area contributed by atoms with Gasteiger partial charge in [0, 0.05) is 6.42 Å². The summed E-state index contributed by atoms with van der Waals surface area (Å²) in [6.07, 6.45) is 8.12. The summed E-state index contributed by atoms with van der Waals surface area (Å²) in [5, 5.41) is 0. The summed E-state index contributed by atoms with van der Waals surface area (Å²) in [4.78, 5) is 11.6. The van der Waals surface area contributed by atoms with Gasteiger partial charge in [0.25, 0.3) is 0 Å². The third-order valence-corrected chi connectivity index (χ3v) is 2.73. The Bertz CT molecular complexity index is 218. The highest BCUT2D eigenvalue weighted by molar-refractivity contribution is 5.73. The zero-order valence-corrected chi connectivity index (χ0v) is 9.21. The van der Waals surface area contributed by atoms with Gasteiger partial charge in [0.15, 0.2) is 0 Å². The number of carbonyl (C=O) groups excluding carboxylic acids is 1. The fourth-order valence-corrected chi connectivity index (χ4v) is 1.51. The van der Waals surface area contributed by atoms with E-state index in [1.165, 1.54) is 0 Å². The molecule has 2 nitrogen and oxygen atoms in total. The van der Waals surface area contributed by atoms with E-state index in [2.05, 4.69) is 13.8 Å². The first-order valence-corrected chi connectivity index (χ1v) is 5.68. The first-order valence-electron chi connectivity index (χ1n) is 5.68. The molecule has 0 radical (unpaired) electrons. The number of carbonyl (C=O) groups is 1. The summed E-state index contributed by atoms with van der Waals surface area (Å²) in [7, 11) is 0. The molecule has 0 spiro atoms. The molecule has 1 atom stereocenters. The van der Waals surface area contributed by atoms with Gasteiger partial charge in [0.05, 0.1) is 5.92 Å². The van der Waals surface area contributed by atoms with Crippen LogP contribution >= 0.6 is 0 Å². The van der Waals surface area contributed by atoms with Gasteiger partial charge in [-0.05, 0) is 25.3 Å². The van der Waals surface area contributed by atoms with Crippen molar-refractivity contribution in [2.45, 2.75) is 52.4 Å². The lowest BCUT2D eigenvalue weighted by molar-refractivity contribution is -0.145. The molecule has 14 heavy (non-hydrogen) atoms. The van der Waals surface area contributed by atoms with E-state index < -0.39 is 0 Å². The Hall–Kier alpha value is -0.790. The Morgan fingerprint density at radius 2 is 2.29 bits per heavy atom. The van der Waals surface area contributed by atoms with Gasteiger partial charge < -0.3 is 4.74 Å². The van der Waals surface area contributed by atoms with E-state index in [1.54, 1.807) is 0 Å². The summed E-state index contributed by atoms with van der Waals surface area (Å²) in [5.41, 5.74) is 0. The van der Waals surface area contributed by atoms with Crippen molar-refractivity contribution >= 4 is 5.97 Å². The topological polar surface area (TPSA) is 26.3 Å². The molecule has 0 saturated carbocycles. The molecule has 0 fully saturated rings. The van der Waals surface area contributed by atoms with Crippen molar-refractivity contribution in [1.82, 2.24) is 0 Å². The molecule has 0 aromatic heterocycles. The van der Waals surface area contributed by atoms with Crippen LogP contribution in [0.25, 0.3) is 0 Å². The van der Waals surface area contributed by atoms with E-state index >= 15 is 0 Å². The Morgan fingerprint density at radius 3 is 2.71 bits per heavy atom. The molecule has 0 N–H and O–H groups in total. The van der Waals surface area contributed by atoms with Crippen LogP contribution in [0.15, 0.2) is 11.8 Å². The highest BCUT2D eigenvalue weighted by atomic mass is 16.5. The maximum Gasteiger partial charge on any atom is 0.313 e. The molecule has 1 aliphatic carbocycles. The van der Waals surface area contributed by atoms with Crippen molar-refractivity contribution in [3.63, 3.8) is 0 Å². The van der Waals surface area contributed by atoms with Crippen molar-refractivity contribution in [3.05, 3.63) is 11.8 Å². The minimum atomic E-state index is -0.0214. The fraction of sp³-hybridized carbons (Fsp3) is 0.750. The molecule has 0 aromatic carbocycles. The molecule has 2 heteroatoms. The lowest BCUT2D eigenvalue weighted by Crippen LogP contribution is -2.18. The summed E-state index contributed by atoms with van der Waals surface area (Å²) >= 11 is 0. The Labute approximate surface area is 86.3 Å². The molecule has 0 aliphatic heterocycles. The molecule has 0 amide bonds. The second kappa shape index (κ2) is 5.84. The zero-order valence-electron chi connectivity index (χ0n) is 9.21. The lowest BCUT2D eigenvalue weighted by Gasteiger charge is -2.18. The summed E-state index contributed by atoms with van der Waals surface area (Å²) in [5.74, 6) is 0.966. The highest BCUT2D eigenvalue weighted by Gasteiger charge is 2.20. The van der Waals surface area contributed by atoms with Gasteiger partial charge in [0.2, 0.25) is 0 Å². The Morgan fingerprint density at radius 1 is 1.57 bits per heavy atom. The molecule has 0 heterocycles. The van der Waals surface area contributed by atoms with Crippen molar-refractivity contribution in [2.75, 3.05) is 0 Å². The molecule has 1 aliphatic rings. The average molecular weight is 196 g/mol. The SMILES string of the molecule is CCCCC(CC)C(=O)OC1=CCC1. The first kappa shape index (κ1) is 11.3. The van der Waals surface area contributed by atoms with Gasteiger partial charge in [-0.1, -0.05) is 26.7 Å². The van der Waals surface area contributed by atoms with Crippen LogP contribution in [0, 0.1) is 5.92 Å². The zero-order chi connectivity index (χ0) is 10.4. The number of rotatable bonds is 6. The average Bonchev–Trinajstić information content (AvgIpc) is 2.13. The highest BCUT2D eigenvalue weighted by Crippen LogP contribution is 2.22. The molecular weight excluding hydrogens is 176 g/mol. The number of ether oxygens (including phenoxy) is 1. The van der Waals surface area contributed by atoms with Crippen LogP contribution in [-0.4, -0.2) is 5.97 Å². The summed E-state index contributed by atoms with van der Waals surface area (Å²) < 4.78 is 5.26.